The molecule has 4 heteroatoms. The normalized spacial score (nSPS) is 11.0. The van der Waals surface area contributed by atoms with Crippen LogP contribution in [0.5, 0.6) is 0 Å². The van der Waals surface area contributed by atoms with Gasteiger partial charge in [0, 0.05) is 53.4 Å². The molecule has 11 rings (SSSR count). The van der Waals surface area contributed by atoms with Crippen LogP contribution < -0.4 is 25.6 Å². The Bertz CT molecular complexity index is 3460. The van der Waals surface area contributed by atoms with Crippen LogP contribution in [0, 0.1) is 36.5 Å². The smallest absolute Gasteiger partial charge is 0.179 e. The molecule has 11 aromatic rings. The first-order valence-electron chi connectivity index (χ1n) is 21.1. The molecule has 0 spiro atoms. The van der Waals surface area contributed by atoms with Crippen molar-refractivity contribution in [3.63, 3.8) is 0 Å². The first kappa shape index (κ1) is 39.8. The van der Waals surface area contributed by atoms with Crippen molar-refractivity contribution in [1.82, 2.24) is 0 Å². The van der Waals surface area contributed by atoms with Gasteiger partial charge in [-0.05, 0) is 80.8 Å². The van der Waals surface area contributed by atoms with E-state index in [4.69, 9.17) is 17.3 Å². The molecular weight excluding hydrogens is 811 g/mol. The highest BCUT2D eigenvalue weighted by Crippen LogP contribution is 2.46. The van der Waals surface area contributed by atoms with Crippen molar-refractivity contribution in [3.05, 3.63) is 224 Å². The Hall–Kier alpha value is -8.30. The summed E-state index contributed by atoms with van der Waals surface area (Å²) in [7, 11) is -2.69. The molecule has 0 bridgehead atoms. The van der Waals surface area contributed by atoms with Gasteiger partial charge in [0.05, 0.1) is 5.69 Å². The van der Waals surface area contributed by atoms with E-state index >= 15 is 0 Å². The summed E-state index contributed by atoms with van der Waals surface area (Å²) < 4.78 is 9.71. The molecular formula is C60H39NOSSi. The molecule has 0 amide bonds. The second kappa shape index (κ2) is 17.6. The molecule has 0 aliphatic rings. The zero-order valence-corrected chi connectivity index (χ0v) is 36.6. The number of terminal acetylenes is 2. The van der Waals surface area contributed by atoms with Crippen LogP contribution in [0.2, 0.25) is 0 Å². The number of anilines is 3. The van der Waals surface area contributed by atoms with Gasteiger partial charge >= 0.3 is 0 Å². The Morgan fingerprint density at radius 2 is 0.844 bits per heavy atom. The van der Waals surface area contributed by atoms with Crippen LogP contribution >= 0.6 is 11.3 Å². The summed E-state index contributed by atoms with van der Waals surface area (Å²) in [4.78, 5) is 2.34. The molecule has 0 aliphatic carbocycles. The lowest BCUT2D eigenvalue weighted by molar-refractivity contribution is 0.670. The molecule has 9 aromatic carbocycles. The molecule has 0 N–H and O–H groups in total. The van der Waals surface area contributed by atoms with Crippen molar-refractivity contribution in [2.24, 2.45) is 0 Å². The first-order chi connectivity index (χ1) is 31.7. The average molecular weight is 850 g/mol. The van der Waals surface area contributed by atoms with Gasteiger partial charge in [0.2, 0.25) is 0 Å². The van der Waals surface area contributed by atoms with Crippen LogP contribution in [0.15, 0.2) is 229 Å². The number of thiophene rings is 1. The number of furan rings is 1. The topological polar surface area (TPSA) is 16.4 Å². The maximum atomic E-state index is 7.14. The van der Waals surface area contributed by atoms with Gasteiger partial charge in [-0.1, -0.05) is 188 Å². The zero-order chi connectivity index (χ0) is 43.3. The van der Waals surface area contributed by atoms with E-state index in [2.05, 4.69) is 253 Å². The molecule has 2 heterocycles. The van der Waals surface area contributed by atoms with E-state index in [0.29, 0.717) is 0 Å². The van der Waals surface area contributed by atoms with Gasteiger partial charge in [0.25, 0.3) is 0 Å². The standard InChI is InChI=1S/C54H37NOSSi.C6H2/c1-5-18-38(19-6-1)55(39-34-36-43(37-35-39)58(40-20-7-2-8-21-40,41-22-9-3-10-23-41)42-24-11-4-12-25-42)50-32-17-29-46-45-27-15-28-47(52(45)56-53(46)50)49-31-16-30-48-44-26-13-14-33-51(44)57-54(48)49;1-3-5-6-4-2/h1-37H;1-2H. The van der Waals surface area contributed by atoms with E-state index in [1.807, 2.05) is 11.3 Å². The SMILES string of the molecule is C#CC#CC#C.c1ccc(N(c2ccc([Si](c3ccccc3)(c3ccccc3)c3ccccc3)cc2)c2cccc3c2oc2c(-c4cccc5c4sc4ccccc45)cccc23)cc1. The number of benzene rings is 9. The molecule has 0 radical (unpaired) electrons. The predicted molar refractivity (Wildman–Crippen MR) is 276 cm³/mol. The molecule has 2 aromatic heterocycles. The third-order valence-electron chi connectivity index (χ3n) is 11.8. The second-order valence-electron chi connectivity index (χ2n) is 15.3. The van der Waals surface area contributed by atoms with Crippen LogP contribution in [0.25, 0.3) is 53.2 Å². The summed E-state index contributed by atoms with van der Waals surface area (Å²) in [5, 5.41) is 10.2. The van der Waals surface area contributed by atoms with E-state index in [9.17, 15) is 0 Å². The highest BCUT2D eigenvalue weighted by atomic mass is 32.1. The zero-order valence-electron chi connectivity index (χ0n) is 34.8. The maximum Gasteiger partial charge on any atom is 0.179 e. The molecule has 0 saturated heterocycles. The lowest BCUT2D eigenvalue weighted by Gasteiger charge is -2.35. The fraction of sp³-hybridized carbons (Fsp3) is 0. The predicted octanol–water partition coefficient (Wildman–Crippen LogP) is 12.7. The molecule has 0 atom stereocenters. The number of rotatable bonds is 8. The number of para-hydroxylation sites is 3. The van der Waals surface area contributed by atoms with E-state index in [-0.39, 0.29) is 0 Å². The Morgan fingerprint density at radius 3 is 1.44 bits per heavy atom. The Balaban J connectivity index is 0.000000758. The molecule has 0 saturated carbocycles. The number of fused-ring (bicyclic) bond motifs is 6. The Labute approximate surface area is 378 Å². The quantitative estimate of drug-likeness (QED) is 0.0860. The molecule has 2 nitrogen and oxygen atoms in total. The van der Waals surface area contributed by atoms with Gasteiger partial charge < -0.3 is 9.32 Å². The monoisotopic (exact) mass is 849 g/mol. The molecule has 0 unspecified atom stereocenters. The number of nitrogens with zero attached hydrogens (tertiary/aromatic N) is 1. The third-order valence-corrected chi connectivity index (χ3v) is 17.9. The lowest BCUT2D eigenvalue weighted by Crippen LogP contribution is -2.74. The lowest BCUT2D eigenvalue weighted by atomic mass is 10.00. The van der Waals surface area contributed by atoms with Crippen molar-refractivity contribution in [2.45, 2.75) is 0 Å². The minimum atomic E-state index is -2.69. The van der Waals surface area contributed by atoms with Crippen LogP contribution in [0.3, 0.4) is 0 Å². The van der Waals surface area contributed by atoms with E-state index in [0.717, 1.165) is 44.6 Å². The van der Waals surface area contributed by atoms with Crippen molar-refractivity contribution >= 4 is 99.3 Å². The Morgan fingerprint density at radius 1 is 0.391 bits per heavy atom. The van der Waals surface area contributed by atoms with Crippen LogP contribution in [0.1, 0.15) is 0 Å². The summed E-state index contributed by atoms with van der Waals surface area (Å²) in [5.41, 5.74) is 7.20. The van der Waals surface area contributed by atoms with E-state index < -0.39 is 8.07 Å². The van der Waals surface area contributed by atoms with E-state index in [1.54, 1.807) is 0 Å². The highest BCUT2D eigenvalue weighted by Gasteiger charge is 2.41. The van der Waals surface area contributed by atoms with Crippen LogP contribution in [-0.2, 0) is 0 Å². The molecule has 0 fully saturated rings. The Kier molecular flexibility index (Phi) is 10.9. The number of hydrogen-bond donors (Lipinski definition) is 0. The third kappa shape index (κ3) is 7.02. The maximum absolute atomic E-state index is 7.14. The van der Waals surface area contributed by atoms with Crippen molar-refractivity contribution < 1.29 is 4.42 Å². The second-order valence-corrected chi connectivity index (χ2v) is 20.2. The summed E-state index contributed by atoms with van der Waals surface area (Å²) in [6.07, 6.45) is 9.39. The van der Waals surface area contributed by atoms with Crippen LogP contribution in [0.4, 0.5) is 17.1 Å². The van der Waals surface area contributed by atoms with Gasteiger partial charge in [0.1, 0.15) is 5.58 Å². The minimum Gasteiger partial charge on any atom is -0.453 e. The van der Waals surface area contributed by atoms with Crippen molar-refractivity contribution in [2.75, 3.05) is 4.90 Å². The van der Waals surface area contributed by atoms with Gasteiger partial charge in [-0.3, -0.25) is 0 Å². The van der Waals surface area contributed by atoms with Gasteiger partial charge in [-0.15, -0.1) is 24.2 Å². The van der Waals surface area contributed by atoms with Gasteiger partial charge in [-0.2, -0.15) is 0 Å². The first-order valence-corrected chi connectivity index (χ1v) is 23.9. The highest BCUT2D eigenvalue weighted by molar-refractivity contribution is 7.26. The average Bonchev–Trinajstić information content (AvgIpc) is 3.95. The fourth-order valence-corrected chi connectivity index (χ4v) is 15.1. The van der Waals surface area contributed by atoms with E-state index in [1.165, 1.54) is 46.5 Å². The summed E-state index contributed by atoms with van der Waals surface area (Å²) >= 11 is 1.85. The largest absolute Gasteiger partial charge is 0.453 e. The molecule has 64 heavy (non-hydrogen) atoms. The van der Waals surface area contributed by atoms with Gasteiger partial charge in [0.15, 0.2) is 13.7 Å². The van der Waals surface area contributed by atoms with Crippen molar-refractivity contribution in [1.29, 1.82) is 0 Å². The summed E-state index contributed by atoms with van der Waals surface area (Å²) in [6, 6.07) is 81.8. The molecule has 300 valence electrons. The summed E-state index contributed by atoms with van der Waals surface area (Å²) in [5.74, 6) is 8.61. The van der Waals surface area contributed by atoms with Gasteiger partial charge in [-0.25, -0.2) is 0 Å². The van der Waals surface area contributed by atoms with Crippen molar-refractivity contribution in [3.8, 4) is 47.7 Å². The fourth-order valence-electron chi connectivity index (χ4n) is 9.15. The number of hydrogen-bond acceptors (Lipinski definition) is 3. The van der Waals surface area contributed by atoms with Crippen LogP contribution in [-0.4, -0.2) is 8.07 Å². The summed E-state index contributed by atoms with van der Waals surface area (Å²) in [6.45, 7) is 0. The molecule has 0 aliphatic heterocycles. The minimum absolute atomic E-state index is 0.864.